The fourth-order valence-corrected chi connectivity index (χ4v) is 6.12. The topological polar surface area (TPSA) is 226 Å². The molecule has 0 radical (unpaired) electrons. The first kappa shape index (κ1) is 28.9. The van der Waals surface area contributed by atoms with E-state index in [9.17, 15) is 9.69 Å². The van der Waals surface area contributed by atoms with Crippen molar-refractivity contribution in [1.29, 1.82) is 0 Å². The monoisotopic (exact) mass is 630 g/mol. The number of aromatic nitrogens is 8. The van der Waals surface area contributed by atoms with E-state index in [0.29, 0.717) is 11.0 Å². The smallest absolute Gasteiger partial charge is 0.327 e. The van der Waals surface area contributed by atoms with Crippen LogP contribution in [0.4, 0.5) is 20.5 Å². The lowest BCUT2D eigenvalue weighted by Crippen LogP contribution is -2.31. The number of halogens is 2. The summed E-state index contributed by atoms with van der Waals surface area (Å²) in [6, 6.07) is 1.64. The highest BCUT2D eigenvalue weighted by Gasteiger charge is 2.47. The summed E-state index contributed by atoms with van der Waals surface area (Å²) >= 11 is 5.03. The summed E-state index contributed by atoms with van der Waals surface area (Å²) in [7, 11) is 0. The second-order valence-electron chi connectivity index (χ2n) is 9.52. The number of alkyl halides is 2. The summed E-state index contributed by atoms with van der Waals surface area (Å²) in [5, 5.41) is 7.97. The molecule has 17 nitrogen and oxygen atoms in total. The molecule has 0 bridgehead atoms. The molecule has 4 aromatic rings. The molecule has 2 aliphatic rings. The quantitative estimate of drug-likeness (QED) is 0.225. The first-order chi connectivity index (χ1) is 20.0. The molecule has 6 rings (SSSR count). The highest BCUT2D eigenvalue weighted by molar-refractivity contribution is 8.07. The number of rotatable bonds is 2. The molecule has 0 saturated carbocycles. The normalized spacial score (nSPS) is 33.2. The van der Waals surface area contributed by atoms with Crippen molar-refractivity contribution < 1.29 is 36.9 Å². The van der Waals surface area contributed by atoms with Crippen LogP contribution in [0.25, 0.3) is 22.2 Å². The molecule has 2 saturated heterocycles. The number of aromatic amines is 1. The SMILES string of the molecule is CC1OCC[C@H]2[C@H](F)[C@H](n3ccc4c(N)ncnc43)O[C@@H]2COP(O)(=S)O[C@H](F)[C@H](n2nnc3c(=O)[nH]c(N)nc32)O1. The fourth-order valence-electron chi connectivity index (χ4n) is 4.94. The lowest BCUT2D eigenvalue weighted by molar-refractivity contribution is -0.227. The Morgan fingerprint density at radius 3 is 2.83 bits per heavy atom. The highest BCUT2D eigenvalue weighted by atomic mass is 32.5. The van der Waals surface area contributed by atoms with Crippen LogP contribution >= 0.6 is 6.72 Å². The van der Waals surface area contributed by atoms with E-state index in [1.807, 2.05) is 0 Å². The Morgan fingerprint density at radius 1 is 1.21 bits per heavy atom. The lowest BCUT2D eigenvalue weighted by atomic mass is 9.96. The van der Waals surface area contributed by atoms with Gasteiger partial charge in [-0.1, -0.05) is 5.21 Å². The number of nitrogens with one attached hydrogen (secondary N) is 1. The molecule has 0 spiro atoms. The minimum atomic E-state index is -4.32. The summed E-state index contributed by atoms with van der Waals surface area (Å²) in [6.07, 6.45) is -6.14. The van der Waals surface area contributed by atoms with Gasteiger partial charge in [0.2, 0.25) is 12.2 Å². The molecule has 6 heterocycles. The molecule has 2 unspecified atom stereocenters. The summed E-state index contributed by atoms with van der Waals surface area (Å²) in [5.74, 6) is -0.862. The van der Waals surface area contributed by atoms with Gasteiger partial charge in [0.15, 0.2) is 29.9 Å². The molecular weight excluding hydrogens is 605 g/mol. The standard InChI is InChI=1S/C21H25F2N10O7PS/c1-8-36-5-3-9-11(39-19(12(9)22)32-4-2-10-15(24)26-7-27-16(10)32)6-37-41(35,42)40-14(23)20(38-8)33-17-13(30-31-33)18(34)29-21(25)28-17/h2,4,7-9,11-12,14,19-20H,3,5-6H2,1H3,(H,35,42)(H2,24,26,27)(H3,25,28,29,34)/t8?,9-,11-,12+,14+,19-,20-,41?/m1/s1. The largest absolute Gasteiger partial charge is 0.383 e. The van der Waals surface area contributed by atoms with Crippen LogP contribution in [0.1, 0.15) is 25.8 Å². The zero-order chi connectivity index (χ0) is 29.8. The number of fused-ring (bicyclic) bond motifs is 3. The van der Waals surface area contributed by atoms with Gasteiger partial charge < -0.3 is 39.7 Å². The van der Waals surface area contributed by atoms with Gasteiger partial charge in [0.05, 0.1) is 24.7 Å². The number of hydrogen-bond acceptors (Lipinski definition) is 14. The lowest BCUT2D eigenvalue weighted by Gasteiger charge is -2.27. The van der Waals surface area contributed by atoms with Crippen molar-refractivity contribution in [2.75, 3.05) is 24.7 Å². The molecule has 6 N–H and O–H groups in total. The molecule has 42 heavy (non-hydrogen) atoms. The summed E-state index contributed by atoms with van der Waals surface area (Å²) in [5.41, 5.74) is 10.7. The van der Waals surface area contributed by atoms with Gasteiger partial charge in [-0.2, -0.15) is 9.67 Å². The molecule has 2 fully saturated rings. The summed E-state index contributed by atoms with van der Waals surface area (Å²) < 4.78 is 61.7. The van der Waals surface area contributed by atoms with Gasteiger partial charge in [-0.15, -0.1) is 5.10 Å². The predicted octanol–water partition coefficient (Wildman–Crippen LogP) is 0.803. The van der Waals surface area contributed by atoms with E-state index >= 15 is 8.78 Å². The maximum atomic E-state index is 15.9. The van der Waals surface area contributed by atoms with Gasteiger partial charge in [-0.05, 0) is 31.2 Å². The molecule has 0 aromatic carbocycles. The number of nitrogens with two attached hydrogens (primary N) is 2. The number of anilines is 2. The number of H-pyrrole nitrogens is 1. The molecule has 21 heteroatoms. The Hall–Kier alpha value is -3.23. The summed E-state index contributed by atoms with van der Waals surface area (Å²) in [6.45, 7) is -3.35. The maximum absolute atomic E-state index is 15.9. The number of ether oxygens (including phenoxy) is 3. The molecule has 226 valence electrons. The van der Waals surface area contributed by atoms with E-state index in [1.165, 1.54) is 17.8 Å². The van der Waals surface area contributed by atoms with Crippen LogP contribution in [0.2, 0.25) is 0 Å². The third-order valence-corrected chi connectivity index (χ3v) is 8.39. The third kappa shape index (κ3) is 5.35. The average Bonchev–Trinajstić information content (AvgIpc) is 3.62. The Kier molecular flexibility index (Phi) is 7.64. The molecule has 2 aliphatic heterocycles. The average molecular weight is 631 g/mol. The number of nitrogen functional groups attached to an aromatic ring is 2. The fraction of sp³-hybridized carbons (Fsp3) is 0.524. The van der Waals surface area contributed by atoms with Gasteiger partial charge in [-0.3, -0.25) is 14.3 Å². The minimum absolute atomic E-state index is 0.0405. The van der Waals surface area contributed by atoms with Crippen LogP contribution in [0.3, 0.4) is 0 Å². The second-order valence-corrected chi connectivity index (χ2v) is 12.3. The Bertz CT molecular complexity index is 1720. The Morgan fingerprint density at radius 2 is 2.02 bits per heavy atom. The van der Waals surface area contributed by atoms with Crippen LogP contribution in [0.5, 0.6) is 0 Å². The van der Waals surface area contributed by atoms with Crippen LogP contribution < -0.4 is 17.0 Å². The van der Waals surface area contributed by atoms with Crippen molar-refractivity contribution >= 4 is 52.5 Å². The third-order valence-electron chi connectivity index (χ3n) is 6.88. The number of hydrogen-bond donors (Lipinski definition) is 4. The van der Waals surface area contributed by atoms with E-state index in [1.54, 1.807) is 12.3 Å². The van der Waals surface area contributed by atoms with Gasteiger partial charge in [0.1, 0.15) is 17.8 Å². The van der Waals surface area contributed by atoms with Crippen molar-refractivity contribution in [2.24, 2.45) is 5.92 Å². The van der Waals surface area contributed by atoms with Gasteiger partial charge in [-0.25, -0.2) is 18.7 Å². The van der Waals surface area contributed by atoms with E-state index < -0.39 is 62.2 Å². The molecule has 0 aliphatic carbocycles. The molecular formula is C21H25F2N10O7PS. The van der Waals surface area contributed by atoms with Gasteiger partial charge in [0, 0.05) is 12.1 Å². The van der Waals surface area contributed by atoms with E-state index in [4.69, 9.17) is 46.5 Å². The summed E-state index contributed by atoms with van der Waals surface area (Å²) in [4.78, 5) is 37.2. The molecule has 8 atom stereocenters. The minimum Gasteiger partial charge on any atom is -0.383 e. The van der Waals surface area contributed by atoms with Crippen molar-refractivity contribution in [1.82, 2.24) is 39.5 Å². The van der Waals surface area contributed by atoms with Crippen LogP contribution in [-0.4, -0.2) is 82.5 Å². The van der Waals surface area contributed by atoms with Gasteiger partial charge >= 0.3 is 6.72 Å². The van der Waals surface area contributed by atoms with Crippen molar-refractivity contribution in [3.05, 3.63) is 28.9 Å². The number of nitrogens with zero attached hydrogens (tertiary/aromatic N) is 7. The zero-order valence-electron chi connectivity index (χ0n) is 21.7. The first-order valence-corrected chi connectivity index (χ1v) is 15.2. The van der Waals surface area contributed by atoms with E-state index in [2.05, 4.69) is 30.2 Å². The van der Waals surface area contributed by atoms with Gasteiger partial charge in [0.25, 0.3) is 11.9 Å². The molecule has 4 aromatic heterocycles. The highest BCUT2D eigenvalue weighted by Crippen LogP contribution is 2.49. The van der Waals surface area contributed by atoms with Crippen molar-refractivity contribution in [2.45, 2.75) is 50.7 Å². The van der Waals surface area contributed by atoms with E-state index in [0.717, 1.165) is 4.68 Å². The maximum Gasteiger partial charge on any atom is 0.327 e. The predicted molar refractivity (Wildman–Crippen MR) is 143 cm³/mol. The second kappa shape index (κ2) is 11.1. The first-order valence-electron chi connectivity index (χ1n) is 12.6. The zero-order valence-corrected chi connectivity index (χ0v) is 23.4. The van der Waals surface area contributed by atoms with Crippen LogP contribution in [-0.2, 0) is 35.1 Å². The Labute approximate surface area is 239 Å². The van der Waals surface area contributed by atoms with Crippen LogP contribution in [0.15, 0.2) is 23.4 Å². The van der Waals surface area contributed by atoms with E-state index in [-0.39, 0.29) is 36.0 Å². The molecule has 0 amide bonds. The Balaban J connectivity index is 1.27. The van der Waals surface area contributed by atoms with Crippen molar-refractivity contribution in [3.8, 4) is 0 Å². The van der Waals surface area contributed by atoms with Crippen LogP contribution in [0, 0.1) is 5.92 Å². The van der Waals surface area contributed by atoms with Crippen molar-refractivity contribution in [3.63, 3.8) is 0 Å².